The van der Waals surface area contributed by atoms with Crippen LogP contribution in [0.4, 0.5) is 0 Å². The van der Waals surface area contributed by atoms with Crippen LogP contribution in [0.25, 0.3) is 0 Å². The molecule has 122 valence electrons. The number of aromatic nitrogens is 1. The van der Waals surface area contributed by atoms with Gasteiger partial charge in [0.1, 0.15) is 5.75 Å². The first-order valence-electron chi connectivity index (χ1n) is 7.43. The monoisotopic (exact) mass is 332 g/mol. The number of ketones is 1. The van der Waals surface area contributed by atoms with Gasteiger partial charge >= 0.3 is 0 Å². The molecule has 0 fully saturated rings. The summed E-state index contributed by atoms with van der Waals surface area (Å²) in [6.07, 6.45) is 3.02. The van der Waals surface area contributed by atoms with Crippen molar-refractivity contribution in [3.8, 4) is 5.75 Å². The van der Waals surface area contributed by atoms with E-state index in [-0.39, 0.29) is 11.7 Å². The molecule has 5 nitrogen and oxygen atoms in total. The van der Waals surface area contributed by atoms with E-state index in [4.69, 9.17) is 4.74 Å². The molecule has 1 aromatic carbocycles. The van der Waals surface area contributed by atoms with Crippen LogP contribution in [-0.4, -0.2) is 23.8 Å². The highest BCUT2D eigenvalue weighted by Crippen LogP contribution is 2.14. The number of rotatable bonds is 8. The molecule has 0 saturated carbocycles. The molecule has 1 heterocycles. The molecule has 2 aromatic rings. The van der Waals surface area contributed by atoms with Gasteiger partial charge in [-0.3, -0.25) is 9.59 Å². The molecule has 1 amide bonds. The number of hydrogen-bond donors (Lipinski definition) is 1. The quantitative estimate of drug-likeness (QED) is 0.754. The van der Waals surface area contributed by atoms with E-state index < -0.39 is 0 Å². The van der Waals surface area contributed by atoms with Crippen molar-refractivity contribution in [2.75, 3.05) is 7.11 Å². The van der Waals surface area contributed by atoms with Gasteiger partial charge in [-0.2, -0.15) is 0 Å². The van der Waals surface area contributed by atoms with Crippen molar-refractivity contribution in [1.82, 2.24) is 10.3 Å². The summed E-state index contributed by atoms with van der Waals surface area (Å²) in [6.45, 7) is 2.43. The lowest BCUT2D eigenvalue weighted by atomic mass is 10.1. The first-order valence-corrected chi connectivity index (χ1v) is 8.25. The Morgan fingerprint density at radius 2 is 1.96 bits per heavy atom. The van der Waals surface area contributed by atoms with Crippen molar-refractivity contribution in [2.45, 2.75) is 32.7 Å². The van der Waals surface area contributed by atoms with Crippen LogP contribution >= 0.6 is 11.3 Å². The molecule has 0 bridgehead atoms. The van der Waals surface area contributed by atoms with Gasteiger partial charge in [0, 0.05) is 29.5 Å². The smallest absolute Gasteiger partial charge is 0.220 e. The summed E-state index contributed by atoms with van der Waals surface area (Å²) in [7, 11) is 1.59. The average Bonchev–Trinajstić information content (AvgIpc) is 2.98. The van der Waals surface area contributed by atoms with Gasteiger partial charge in [0.15, 0.2) is 5.78 Å². The lowest BCUT2D eigenvalue weighted by molar-refractivity contribution is -0.121. The second-order valence-electron chi connectivity index (χ2n) is 5.13. The second kappa shape index (κ2) is 8.43. The molecule has 0 aliphatic carbocycles. The van der Waals surface area contributed by atoms with E-state index in [1.165, 1.54) is 0 Å². The predicted molar refractivity (Wildman–Crippen MR) is 89.9 cm³/mol. The molecule has 0 atom stereocenters. The van der Waals surface area contributed by atoms with Crippen molar-refractivity contribution >= 4 is 23.0 Å². The number of benzene rings is 1. The van der Waals surface area contributed by atoms with Crippen LogP contribution in [-0.2, 0) is 11.3 Å². The van der Waals surface area contributed by atoms with Gasteiger partial charge in [0.05, 0.1) is 18.7 Å². The van der Waals surface area contributed by atoms with E-state index in [9.17, 15) is 9.59 Å². The number of carbonyl (C=O) groups excluding carboxylic acids is 2. The van der Waals surface area contributed by atoms with Crippen LogP contribution in [0, 0.1) is 6.92 Å². The highest BCUT2D eigenvalue weighted by Gasteiger charge is 2.08. The van der Waals surface area contributed by atoms with E-state index in [1.807, 2.05) is 6.92 Å². The topological polar surface area (TPSA) is 68.3 Å². The van der Waals surface area contributed by atoms with E-state index in [0.717, 1.165) is 15.6 Å². The minimum atomic E-state index is -0.0430. The standard InChI is InChI=1S/C17H20N2O3S/c1-12-18-10-15(23-12)11-19-17(21)5-3-4-16(20)13-6-8-14(22-2)9-7-13/h6-10H,3-5,11H2,1-2H3,(H,19,21). The lowest BCUT2D eigenvalue weighted by Gasteiger charge is -2.04. The van der Waals surface area contributed by atoms with Crippen LogP contribution < -0.4 is 10.1 Å². The summed E-state index contributed by atoms with van der Waals surface area (Å²) in [4.78, 5) is 29.0. The number of ether oxygens (including phenoxy) is 1. The number of nitrogens with one attached hydrogen (secondary N) is 1. The summed E-state index contributed by atoms with van der Waals surface area (Å²) in [6, 6.07) is 7.01. The Morgan fingerprint density at radius 3 is 2.57 bits per heavy atom. The molecule has 0 radical (unpaired) electrons. The van der Waals surface area contributed by atoms with E-state index in [1.54, 1.807) is 48.9 Å². The highest BCUT2D eigenvalue weighted by atomic mass is 32.1. The fourth-order valence-corrected chi connectivity index (χ4v) is 2.83. The SMILES string of the molecule is COc1ccc(C(=O)CCCC(=O)NCc2cnc(C)s2)cc1. The zero-order valence-electron chi connectivity index (χ0n) is 13.3. The van der Waals surface area contributed by atoms with Crippen molar-refractivity contribution < 1.29 is 14.3 Å². The minimum absolute atomic E-state index is 0.0403. The van der Waals surface area contributed by atoms with Gasteiger partial charge in [0.2, 0.25) is 5.91 Å². The average molecular weight is 332 g/mol. The van der Waals surface area contributed by atoms with Crippen molar-refractivity contribution in [3.63, 3.8) is 0 Å². The molecule has 1 aromatic heterocycles. The number of thiazole rings is 1. The van der Waals surface area contributed by atoms with Crippen molar-refractivity contribution in [3.05, 3.63) is 45.9 Å². The number of Topliss-reactive ketones (excluding diaryl/α,β-unsaturated/α-hetero) is 1. The fraction of sp³-hybridized carbons (Fsp3) is 0.353. The third kappa shape index (κ3) is 5.49. The van der Waals surface area contributed by atoms with Crippen molar-refractivity contribution in [1.29, 1.82) is 0 Å². The summed E-state index contributed by atoms with van der Waals surface area (Å²) < 4.78 is 5.06. The van der Waals surface area contributed by atoms with Crippen LogP contribution in [0.15, 0.2) is 30.5 Å². The number of carbonyl (C=O) groups is 2. The zero-order chi connectivity index (χ0) is 16.7. The maximum absolute atomic E-state index is 12.0. The highest BCUT2D eigenvalue weighted by molar-refractivity contribution is 7.11. The molecule has 2 rings (SSSR count). The van der Waals surface area contributed by atoms with Gasteiger partial charge in [-0.15, -0.1) is 11.3 Å². The predicted octanol–water partition coefficient (Wildman–Crippen LogP) is 3.13. The molecule has 0 spiro atoms. The van der Waals surface area contributed by atoms with Crippen LogP contribution in [0.1, 0.15) is 39.5 Å². The van der Waals surface area contributed by atoms with Gasteiger partial charge in [-0.05, 0) is 37.6 Å². The van der Waals surface area contributed by atoms with Crippen LogP contribution in [0.2, 0.25) is 0 Å². The van der Waals surface area contributed by atoms with Gasteiger partial charge in [-0.25, -0.2) is 4.98 Å². The summed E-state index contributed by atoms with van der Waals surface area (Å²) in [5.74, 6) is 0.719. The Balaban J connectivity index is 1.68. The number of nitrogens with zero attached hydrogens (tertiary/aromatic N) is 1. The summed E-state index contributed by atoms with van der Waals surface area (Å²) in [5, 5.41) is 3.83. The number of aryl methyl sites for hydroxylation is 1. The molecular formula is C17H20N2O3S. The Kier molecular flexibility index (Phi) is 6.29. The fourth-order valence-electron chi connectivity index (χ4n) is 2.09. The number of methoxy groups -OCH3 is 1. The molecule has 23 heavy (non-hydrogen) atoms. The molecule has 0 aliphatic heterocycles. The normalized spacial score (nSPS) is 10.3. The second-order valence-corrected chi connectivity index (χ2v) is 6.45. The Hall–Kier alpha value is -2.21. The van der Waals surface area contributed by atoms with Crippen LogP contribution in [0.5, 0.6) is 5.75 Å². The minimum Gasteiger partial charge on any atom is -0.497 e. The third-order valence-electron chi connectivity index (χ3n) is 3.35. The Bertz CT molecular complexity index is 665. The first kappa shape index (κ1) is 17.1. The van der Waals surface area contributed by atoms with Gasteiger partial charge in [0.25, 0.3) is 0 Å². The third-order valence-corrected chi connectivity index (χ3v) is 4.26. The molecule has 0 unspecified atom stereocenters. The largest absolute Gasteiger partial charge is 0.497 e. The molecule has 6 heteroatoms. The molecule has 0 aliphatic rings. The van der Waals surface area contributed by atoms with E-state index in [2.05, 4.69) is 10.3 Å². The van der Waals surface area contributed by atoms with Gasteiger partial charge in [-0.1, -0.05) is 0 Å². The number of hydrogen-bond acceptors (Lipinski definition) is 5. The number of amides is 1. The Labute approximate surface area is 139 Å². The maximum atomic E-state index is 12.0. The summed E-state index contributed by atoms with van der Waals surface area (Å²) in [5.41, 5.74) is 0.645. The zero-order valence-corrected chi connectivity index (χ0v) is 14.1. The van der Waals surface area contributed by atoms with E-state index in [0.29, 0.717) is 31.4 Å². The van der Waals surface area contributed by atoms with Crippen molar-refractivity contribution in [2.24, 2.45) is 0 Å². The van der Waals surface area contributed by atoms with Gasteiger partial charge < -0.3 is 10.1 Å². The lowest BCUT2D eigenvalue weighted by Crippen LogP contribution is -2.22. The maximum Gasteiger partial charge on any atom is 0.220 e. The van der Waals surface area contributed by atoms with Crippen LogP contribution in [0.3, 0.4) is 0 Å². The summed E-state index contributed by atoms with van der Waals surface area (Å²) >= 11 is 1.57. The first-order chi connectivity index (χ1) is 11.1. The molecule has 1 N–H and O–H groups in total. The molecule has 0 saturated heterocycles. The Morgan fingerprint density at radius 1 is 1.22 bits per heavy atom. The van der Waals surface area contributed by atoms with E-state index >= 15 is 0 Å². The molecular weight excluding hydrogens is 312 g/mol.